The number of aromatic nitrogens is 1. The molecule has 0 atom stereocenters. The van der Waals surface area contributed by atoms with Crippen LogP contribution in [-0.2, 0) is 12.7 Å². The Morgan fingerprint density at radius 3 is 2.76 bits per heavy atom. The highest BCUT2D eigenvalue weighted by Crippen LogP contribution is 2.33. The molecule has 1 aliphatic rings. The quantitative estimate of drug-likeness (QED) is 0.849. The summed E-state index contributed by atoms with van der Waals surface area (Å²) in [6, 6.07) is 6.99. The van der Waals surface area contributed by atoms with E-state index >= 15 is 0 Å². The van der Waals surface area contributed by atoms with Crippen molar-refractivity contribution in [2.24, 2.45) is 0 Å². The molecule has 3 rings (SSSR count). The van der Waals surface area contributed by atoms with E-state index in [0.29, 0.717) is 17.1 Å². The first-order valence-corrected chi connectivity index (χ1v) is 7.23. The van der Waals surface area contributed by atoms with Crippen LogP contribution in [0.4, 0.5) is 13.2 Å². The van der Waals surface area contributed by atoms with E-state index < -0.39 is 23.3 Å². The van der Waals surface area contributed by atoms with E-state index in [1.807, 2.05) is 0 Å². The number of pyridine rings is 1. The van der Waals surface area contributed by atoms with E-state index in [1.165, 1.54) is 13.3 Å². The van der Waals surface area contributed by atoms with Crippen molar-refractivity contribution in [3.05, 3.63) is 53.3 Å². The van der Waals surface area contributed by atoms with Gasteiger partial charge in [0.25, 0.3) is 0 Å². The summed E-state index contributed by atoms with van der Waals surface area (Å²) < 4.78 is 50.7. The zero-order valence-electron chi connectivity index (χ0n) is 13.1. The summed E-state index contributed by atoms with van der Waals surface area (Å²) in [6.45, 7) is 0.128. The SMILES string of the molecule is CO[n+]1cccc(C(F)(F)F)c1C(=O)NCc1ccc2c(c1)OCO2. The zero-order chi connectivity index (χ0) is 18.0. The van der Waals surface area contributed by atoms with Gasteiger partial charge < -0.3 is 14.8 Å². The fraction of sp³-hybridized carbons (Fsp3) is 0.250. The molecule has 0 fully saturated rings. The van der Waals surface area contributed by atoms with Crippen LogP contribution in [0.3, 0.4) is 0 Å². The predicted molar refractivity (Wildman–Crippen MR) is 77.9 cm³/mol. The number of carbonyl (C=O) groups excluding carboxylic acids is 1. The summed E-state index contributed by atoms with van der Waals surface area (Å²) in [7, 11) is 1.18. The fourth-order valence-electron chi connectivity index (χ4n) is 2.41. The fourth-order valence-corrected chi connectivity index (χ4v) is 2.41. The number of rotatable bonds is 4. The van der Waals surface area contributed by atoms with Gasteiger partial charge in [-0.2, -0.15) is 13.2 Å². The Morgan fingerprint density at radius 1 is 1.28 bits per heavy atom. The molecule has 0 saturated heterocycles. The highest BCUT2D eigenvalue weighted by atomic mass is 19.4. The van der Waals surface area contributed by atoms with E-state index in [4.69, 9.17) is 14.3 Å². The van der Waals surface area contributed by atoms with Crippen LogP contribution in [0.1, 0.15) is 21.6 Å². The number of nitrogens with one attached hydrogen (secondary N) is 1. The molecule has 0 spiro atoms. The van der Waals surface area contributed by atoms with Crippen molar-refractivity contribution in [3.63, 3.8) is 0 Å². The van der Waals surface area contributed by atoms with E-state index in [0.717, 1.165) is 16.9 Å². The minimum atomic E-state index is -4.69. The Kier molecular flexibility index (Phi) is 4.39. The molecule has 1 aliphatic heterocycles. The van der Waals surface area contributed by atoms with Crippen molar-refractivity contribution in [3.8, 4) is 11.5 Å². The van der Waals surface area contributed by atoms with Crippen molar-refractivity contribution >= 4 is 5.91 Å². The Labute approximate surface area is 140 Å². The number of benzene rings is 1. The monoisotopic (exact) mass is 355 g/mol. The van der Waals surface area contributed by atoms with Gasteiger partial charge in [0.1, 0.15) is 12.7 Å². The van der Waals surface area contributed by atoms with Gasteiger partial charge in [0.05, 0.1) is 0 Å². The largest absolute Gasteiger partial charge is 0.454 e. The normalized spacial score (nSPS) is 12.8. The third-order valence-electron chi connectivity index (χ3n) is 3.57. The summed E-state index contributed by atoms with van der Waals surface area (Å²) in [5.41, 5.74) is -1.05. The molecule has 1 aromatic carbocycles. The topological polar surface area (TPSA) is 60.7 Å². The zero-order valence-corrected chi connectivity index (χ0v) is 13.1. The third-order valence-corrected chi connectivity index (χ3v) is 3.57. The molecule has 1 aromatic heterocycles. The maximum Gasteiger partial charge on any atom is 0.423 e. The molecular formula is C16H14F3N2O4+. The van der Waals surface area contributed by atoms with E-state index in [9.17, 15) is 18.0 Å². The second-order valence-corrected chi connectivity index (χ2v) is 5.15. The second-order valence-electron chi connectivity index (χ2n) is 5.15. The average Bonchev–Trinajstić information content (AvgIpc) is 3.05. The lowest BCUT2D eigenvalue weighted by molar-refractivity contribution is -0.887. The number of fused-ring (bicyclic) bond motifs is 1. The molecule has 0 radical (unpaired) electrons. The molecule has 6 nitrogen and oxygen atoms in total. The Balaban J connectivity index is 1.81. The molecule has 1 amide bonds. The number of hydrogen-bond acceptors (Lipinski definition) is 4. The van der Waals surface area contributed by atoms with Crippen molar-refractivity contribution in [2.75, 3.05) is 13.9 Å². The number of nitrogens with zero attached hydrogens (tertiary/aromatic N) is 1. The predicted octanol–water partition coefficient (Wildman–Crippen LogP) is 1.71. The van der Waals surface area contributed by atoms with E-state index in [2.05, 4.69) is 5.32 Å². The van der Waals surface area contributed by atoms with Crippen LogP contribution in [0, 0.1) is 0 Å². The second kappa shape index (κ2) is 6.50. The molecule has 25 heavy (non-hydrogen) atoms. The molecule has 0 unspecified atom stereocenters. The maximum atomic E-state index is 13.2. The van der Waals surface area contributed by atoms with Crippen molar-refractivity contribution < 1.29 is 37.0 Å². The molecule has 132 valence electrons. The Bertz CT molecular complexity index is 808. The van der Waals surface area contributed by atoms with Crippen LogP contribution in [0.2, 0.25) is 0 Å². The molecule has 0 saturated carbocycles. The molecule has 9 heteroatoms. The van der Waals surface area contributed by atoms with Crippen LogP contribution >= 0.6 is 0 Å². The Morgan fingerprint density at radius 2 is 2.04 bits per heavy atom. The Hall–Kier alpha value is -2.97. The molecular weight excluding hydrogens is 341 g/mol. The van der Waals surface area contributed by atoms with Crippen LogP contribution < -0.4 is 24.4 Å². The average molecular weight is 355 g/mol. The summed E-state index contributed by atoms with van der Waals surface area (Å²) in [6.07, 6.45) is -3.46. The van der Waals surface area contributed by atoms with Crippen LogP contribution in [0.5, 0.6) is 11.5 Å². The van der Waals surface area contributed by atoms with Crippen LogP contribution in [0.25, 0.3) is 0 Å². The highest BCUT2D eigenvalue weighted by Gasteiger charge is 2.42. The lowest BCUT2D eigenvalue weighted by Crippen LogP contribution is -2.50. The third kappa shape index (κ3) is 3.44. The van der Waals surface area contributed by atoms with E-state index in [1.54, 1.807) is 18.2 Å². The minimum absolute atomic E-state index is 0.0192. The molecule has 0 bridgehead atoms. The van der Waals surface area contributed by atoms with Gasteiger partial charge in [0.15, 0.2) is 11.5 Å². The highest BCUT2D eigenvalue weighted by molar-refractivity contribution is 5.92. The number of halogens is 3. The van der Waals surface area contributed by atoms with Gasteiger partial charge in [-0.3, -0.25) is 9.63 Å². The minimum Gasteiger partial charge on any atom is -0.454 e. The number of hydrogen-bond donors (Lipinski definition) is 1. The maximum absolute atomic E-state index is 13.2. The number of ether oxygens (including phenoxy) is 2. The summed E-state index contributed by atoms with van der Waals surface area (Å²) in [5, 5.41) is 2.46. The van der Waals surface area contributed by atoms with Crippen LogP contribution in [0.15, 0.2) is 36.5 Å². The van der Waals surface area contributed by atoms with Gasteiger partial charge in [0.2, 0.25) is 13.0 Å². The smallest absolute Gasteiger partial charge is 0.423 e. The van der Waals surface area contributed by atoms with Gasteiger partial charge in [-0.05, 0) is 23.8 Å². The molecule has 2 heterocycles. The number of alkyl halides is 3. The summed E-state index contributed by atoms with van der Waals surface area (Å²) in [5.74, 6) is 0.191. The molecule has 0 aliphatic carbocycles. The lowest BCUT2D eigenvalue weighted by atomic mass is 10.1. The van der Waals surface area contributed by atoms with E-state index in [-0.39, 0.29) is 13.3 Å². The van der Waals surface area contributed by atoms with Gasteiger partial charge in [-0.15, -0.1) is 0 Å². The van der Waals surface area contributed by atoms with Gasteiger partial charge in [0, 0.05) is 17.3 Å². The lowest BCUT2D eigenvalue weighted by Gasteiger charge is -2.10. The summed E-state index contributed by atoms with van der Waals surface area (Å²) >= 11 is 0. The first-order chi connectivity index (χ1) is 11.9. The number of carbonyl (C=O) groups is 1. The molecule has 1 N–H and O–H groups in total. The van der Waals surface area contributed by atoms with Crippen LogP contribution in [-0.4, -0.2) is 19.8 Å². The standard InChI is InChI=1S/C16H13F3N2O4/c1-23-21-6-2-3-11(16(17,18)19)14(21)15(22)20-8-10-4-5-12-13(7-10)25-9-24-12/h2-7H,8-9H2,1H3/p+1. The van der Waals surface area contributed by atoms with Gasteiger partial charge in [-0.25, -0.2) is 0 Å². The summed E-state index contributed by atoms with van der Waals surface area (Å²) in [4.78, 5) is 17.2. The van der Waals surface area contributed by atoms with Crippen molar-refractivity contribution in [2.45, 2.75) is 12.7 Å². The van der Waals surface area contributed by atoms with Crippen molar-refractivity contribution in [1.82, 2.24) is 5.32 Å². The van der Waals surface area contributed by atoms with Gasteiger partial charge >= 0.3 is 17.8 Å². The van der Waals surface area contributed by atoms with Gasteiger partial charge in [-0.1, -0.05) is 6.07 Å². The molecule has 2 aromatic rings. The number of amides is 1. The first kappa shape index (κ1) is 16.9. The first-order valence-electron chi connectivity index (χ1n) is 7.23. The van der Waals surface area contributed by atoms with Crippen molar-refractivity contribution in [1.29, 1.82) is 0 Å².